The minimum atomic E-state index is -0.762. The summed E-state index contributed by atoms with van der Waals surface area (Å²) in [7, 11) is 0. The molecule has 1 amide bonds. The predicted molar refractivity (Wildman–Crippen MR) is 75.3 cm³/mol. The fourth-order valence-corrected chi connectivity index (χ4v) is 3.53. The van der Waals surface area contributed by atoms with Gasteiger partial charge in [0, 0.05) is 17.7 Å². The number of amides is 1. The largest absolute Gasteiger partial charge is 0.387 e. The van der Waals surface area contributed by atoms with E-state index < -0.39 is 5.60 Å². The van der Waals surface area contributed by atoms with E-state index in [0.29, 0.717) is 17.9 Å². The van der Waals surface area contributed by atoms with E-state index >= 15 is 0 Å². The predicted octanol–water partition coefficient (Wildman–Crippen LogP) is 1.16. The maximum absolute atomic E-state index is 12.2. The molecule has 0 aliphatic carbocycles. The lowest BCUT2D eigenvalue weighted by atomic mass is 10.0. The molecule has 1 aliphatic heterocycles. The second kappa shape index (κ2) is 4.86. The van der Waals surface area contributed by atoms with E-state index in [0.717, 1.165) is 23.1 Å². The molecule has 1 aromatic carbocycles. The van der Waals surface area contributed by atoms with Crippen molar-refractivity contribution in [3.8, 4) is 0 Å². The van der Waals surface area contributed by atoms with Gasteiger partial charge in [-0.05, 0) is 18.2 Å². The summed E-state index contributed by atoms with van der Waals surface area (Å²) < 4.78 is 0. The lowest BCUT2D eigenvalue weighted by Crippen LogP contribution is -2.43. The van der Waals surface area contributed by atoms with Gasteiger partial charge in [0.2, 0.25) is 0 Å². The number of H-pyrrole nitrogens is 1. The van der Waals surface area contributed by atoms with Crippen molar-refractivity contribution in [2.45, 2.75) is 12.0 Å². The molecule has 1 atom stereocenters. The molecule has 0 radical (unpaired) electrons. The van der Waals surface area contributed by atoms with Crippen molar-refractivity contribution >= 4 is 28.6 Å². The van der Waals surface area contributed by atoms with Crippen LogP contribution in [0.25, 0.3) is 10.9 Å². The number of para-hydroxylation sites is 1. The number of carbonyl (C=O) groups excluding carboxylic acids is 1. The van der Waals surface area contributed by atoms with E-state index in [-0.39, 0.29) is 5.91 Å². The van der Waals surface area contributed by atoms with Gasteiger partial charge in [0.15, 0.2) is 0 Å². The topological polar surface area (TPSA) is 78.0 Å². The van der Waals surface area contributed by atoms with Crippen molar-refractivity contribution in [1.29, 1.82) is 0 Å². The molecular weight excluding hydrogens is 262 g/mol. The molecule has 2 heterocycles. The van der Waals surface area contributed by atoms with E-state index in [9.17, 15) is 9.90 Å². The van der Waals surface area contributed by atoms with Crippen LogP contribution < -0.4 is 5.32 Å². The molecule has 0 bridgehead atoms. The van der Waals surface area contributed by atoms with Crippen LogP contribution in [0.3, 0.4) is 0 Å². The summed E-state index contributed by atoms with van der Waals surface area (Å²) in [6.07, 6.45) is 2.42. The van der Waals surface area contributed by atoms with E-state index in [2.05, 4.69) is 15.5 Å². The standard InChI is InChI=1S/C13H15N3O2S/c17-12(14-7-13(18)4-5-19-8-13)10-3-1-2-9-6-15-16-11(9)10/h1-3,6,18H,4-5,7-8H2,(H,14,17)(H,15,16). The van der Waals surface area contributed by atoms with Crippen molar-refractivity contribution in [3.63, 3.8) is 0 Å². The third kappa shape index (κ3) is 2.46. The molecule has 0 saturated carbocycles. The number of aromatic amines is 1. The molecule has 3 N–H and O–H groups in total. The SMILES string of the molecule is O=C(NCC1(O)CCSC1)c1cccc2cn[nH]c12. The lowest BCUT2D eigenvalue weighted by molar-refractivity contribution is 0.0613. The van der Waals surface area contributed by atoms with Gasteiger partial charge in [0.25, 0.3) is 5.91 Å². The number of fused-ring (bicyclic) bond motifs is 1. The van der Waals surface area contributed by atoms with Crippen molar-refractivity contribution in [2.24, 2.45) is 0 Å². The van der Waals surface area contributed by atoms with Crippen molar-refractivity contribution < 1.29 is 9.90 Å². The number of aromatic nitrogens is 2. The van der Waals surface area contributed by atoms with Crippen molar-refractivity contribution in [3.05, 3.63) is 30.0 Å². The Hall–Kier alpha value is -1.53. The van der Waals surface area contributed by atoms with Crippen LogP contribution in [-0.4, -0.2) is 44.9 Å². The molecule has 2 aromatic rings. The quantitative estimate of drug-likeness (QED) is 0.786. The maximum atomic E-state index is 12.2. The van der Waals surface area contributed by atoms with Gasteiger partial charge < -0.3 is 10.4 Å². The highest BCUT2D eigenvalue weighted by Gasteiger charge is 2.32. The van der Waals surface area contributed by atoms with Crippen LogP contribution >= 0.6 is 11.8 Å². The second-order valence-electron chi connectivity index (χ2n) is 4.85. The third-order valence-electron chi connectivity index (χ3n) is 3.38. The van der Waals surface area contributed by atoms with Crippen molar-refractivity contribution in [2.75, 3.05) is 18.1 Å². The Morgan fingerprint density at radius 2 is 2.47 bits per heavy atom. The molecule has 1 saturated heterocycles. The molecule has 3 rings (SSSR count). The number of carbonyl (C=O) groups is 1. The Bertz CT molecular complexity index is 605. The number of thioether (sulfide) groups is 1. The Labute approximate surface area is 114 Å². The molecule has 5 nitrogen and oxygen atoms in total. The van der Waals surface area contributed by atoms with E-state index in [1.165, 1.54) is 0 Å². The number of rotatable bonds is 3. The maximum Gasteiger partial charge on any atom is 0.253 e. The summed E-state index contributed by atoms with van der Waals surface area (Å²) in [5, 5.41) is 20.7. The number of hydrogen-bond acceptors (Lipinski definition) is 4. The first-order valence-corrected chi connectivity index (χ1v) is 7.34. The fraction of sp³-hybridized carbons (Fsp3) is 0.385. The highest BCUT2D eigenvalue weighted by Crippen LogP contribution is 2.27. The molecule has 19 heavy (non-hydrogen) atoms. The first-order valence-electron chi connectivity index (χ1n) is 6.18. The highest BCUT2D eigenvalue weighted by atomic mass is 32.2. The summed E-state index contributed by atoms with van der Waals surface area (Å²) in [6, 6.07) is 5.48. The number of nitrogens with one attached hydrogen (secondary N) is 2. The van der Waals surface area contributed by atoms with Crippen LogP contribution in [0.4, 0.5) is 0 Å². The number of nitrogens with zero attached hydrogens (tertiary/aromatic N) is 1. The molecule has 1 aliphatic rings. The first-order chi connectivity index (χ1) is 9.18. The Balaban J connectivity index is 1.75. The summed E-state index contributed by atoms with van der Waals surface area (Å²) in [5.41, 5.74) is 0.527. The third-order valence-corrected chi connectivity index (χ3v) is 4.62. The minimum absolute atomic E-state index is 0.180. The van der Waals surface area contributed by atoms with Crippen LogP contribution in [0.2, 0.25) is 0 Å². The number of benzene rings is 1. The minimum Gasteiger partial charge on any atom is -0.387 e. The van der Waals surface area contributed by atoms with Crippen LogP contribution in [0, 0.1) is 0 Å². The van der Waals surface area contributed by atoms with Gasteiger partial charge in [0.1, 0.15) is 0 Å². The van der Waals surface area contributed by atoms with Crippen LogP contribution in [-0.2, 0) is 0 Å². The Morgan fingerprint density at radius 3 is 3.26 bits per heavy atom. The smallest absolute Gasteiger partial charge is 0.253 e. The Kier molecular flexibility index (Phi) is 3.20. The first kappa shape index (κ1) is 12.5. The summed E-state index contributed by atoms with van der Waals surface area (Å²) in [5.74, 6) is 1.45. The van der Waals surface area contributed by atoms with E-state index in [1.807, 2.05) is 12.1 Å². The number of hydrogen-bond donors (Lipinski definition) is 3. The number of aliphatic hydroxyl groups is 1. The normalized spacial score (nSPS) is 22.8. The van der Waals surface area contributed by atoms with Gasteiger partial charge in [-0.3, -0.25) is 9.89 Å². The lowest BCUT2D eigenvalue weighted by Gasteiger charge is -2.21. The van der Waals surface area contributed by atoms with Gasteiger partial charge in [-0.15, -0.1) is 0 Å². The van der Waals surface area contributed by atoms with Gasteiger partial charge in [0.05, 0.1) is 22.9 Å². The molecule has 100 valence electrons. The average Bonchev–Trinajstić information content (AvgIpc) is 3.04. The second-order valence-corrected chi connectivity index (χ2v) is 5.95. The Morgan fingerprint density at radius 1 is 1.58 bits per heavy atom. The van der Waals surface area contributed by atoms with Gasteiger partial charge in [-0.25, -0.2) is 0 Å². The molecular formula is C13H15N3O2S. The summed E-state index contributed by atoms with van der Waals surface area (Å²) in [6.45, 7) is 0.295. The van der Waals surface area contributed by atoms with Crippen molar-refractivity contribution in [1.82, 2.24) is 15.5 Å². The van der Waals surface area contributed by atoms with Gasteiger partial charge in [-0.1, -0.05) is 12.1 Å². The fourth-order valence-electron chi connectivity index (χ4n) is 2.23. The van der Waals surface area contributed by atoms with Gasteiger partial charge >= 0.3 is 0 Å². The van der Waals surface area contributed by atoms with Gasteiger partial charge in [-0.2, -0.15) is 16.9 Å². The summed E-state index contributed by atoms with van der Waals surface area (Å²) >= 11 is 1.71. The molecule has 6 heteroatoms. The molecule has 1 aromatic heterocycles. The zero-order valence-corrected chi connectivity index (χ0v) is 11.2. The zero-order valence-electron chi connectivity index (χ0n) is 10.3. The highest BCUT2D eigenvalue weighted by molar-refractivity contribution is 7.99. The molecule has 0 spiro atoms. The monoisotopic (exact) mass is 277 g/mol. The average molecular weight is 277 g/mol. The molecule has 1 unspecified atom stereocenters. The zero-order chi connectivity index (χ0) is 13.3. The van der Waals surface area contributed by atoms with E-state index in [1.54, 1.807) is 24.0 Å². The van der Waals surface area contributed by atoms with E-state index in [4.69, 9.17) is 0 Å². The van der Waals surface area contributed by atoms with Crippen LogP contribution in [0.5, 0.6) is 0 Å². The van der Waals surface area contributed by atoms with Crippen LogP contribution in [0.15, 0.2) is 24.4 Å². The molecule has 1 fully saturated rings. The summed E-state index contributed by atoms with van der Waals surface area (Å²) in [4.78, 5) is 12.2. The van der Waals surface area contributed by atoms with Crippen LogP contribution in [0.1, 0.15) is 16.8 Å².